The molecule has 3 nitrogen and oxygen atoms in total. The molecule has 96 valence electrons. The maximum Gasteiger partial charge on any atom is 0.119 e. The Balaban J connectivity index is 2.11. The van der Waals surface area contributed by atoms with Gasteiger partial charge in [-0.3, -0.25) is 0 Å². The van der Waals surface area contributed by atoms with Crippen LogP contribution in [0, 0.1) is 6.92 Å². The third-order valence-corrected chi connectivity index (χ3v) is 2.61. The molecule has 1 aromatic carbocycles. The average molecular weight is 237 g/mol. The first-order valence-corrected chi connectivity index (χ1v) is 6.14. The molecule has 0 aliphatic carbocycles. The highest BCUT2D eigenvalue weighted by Crippen LogP contribution is 2.11. The van der Waals surface area contributed by atoms with Crippen molar-refractivity contribution in [3.05, 3.63) is 29.8 Å². The minimum absolute atomic E-state index is 0.469. The lowest BCUT2D eigenvalue weighted by Crippen LogP contribution is -2.31. The Hall–Kier alpha value is -1.06. The third-order valence-electron chi connectivity index (χ3n) is 2.61. The van der Waals surface area contributed by atoms with Crippen LogP contribution in [0.2, 0.25) is 0 Å². The van der Waals surface area contributed by atoms with Crippen molar-refractivity contribution >= 4 is 0 Å². The smallest absolute Gasteiger partial charge is 0.119 e. The van der Waals surface area contributed by atoms with Gasteiger partial charge in [-0.15, -0.1) is 0 Å². The normalized spacial score (nSPS) is 12.4. The van der Waals surface area contributed by atoms with Crippen LogP contribution >= 0.6 is 0 Å². The van der Waals surface area contributed by atoms with E-state index in [9.17, 15) is 0 Å². The molecule has 0 fully saturated rings. The summed E-state index contributed by atoms with van der Waals surface area (Å²) < 4.78 is 10.7. The third kappa shape index (κ3) is 6.29. The van der Waals surface area contributed by atoms with Crippen molar-refractivity contribution in [2.45, 2.75) is 26.3 Å². The molecule has 0 heterocycles. The highest BCUT2D eigenvalue weighted by atomic mass is 16.5. The quantitative estimate of drug-likeness (QED) is 0.704. The van der Waals surface area contributed by atoms with Gasteiger partial charge in [-0.25, -0.2) is 0 Å². The molecule has 0 aliphatic rings. The largest absolute Gasteiger partial charge is 0.492 e. The van der Waals surface area contributed by atoms with Gasteiger partial charge in [0.25, 0.3) is 0 Å². The molecule has 1 rings (SSSR count). The first-order valence-electron chi connectivity index (χ1n) is 6.14. The summed E-state index contributed by atoms with van der Waals surface area (Å²) in [7, 11) is 1.73. The summed E-state index contributed by atoms with van der Waals surface area (Å²) in [5, 5.41) is 3.40. The highest BCUT2D eigenvalue weighted by Gasteiger charge is 2.00. The van der Waals surface area contributed by atoms with Crippen LogP contribution in [0.4, 0.5) is 0 Å². The molecule has 3 heteroatoms. The minimum atomic E-state index is 0.469. The van der Waals surface area contributed by atoms with Gasteiger partial charge in [0.15, 0.2) is 0 Å². The van der Waals surface area contributed by atoms with Crippen molar-refractivity contribution in [2.75, 3.05) is 26.9 Å². The number of benzene rings is 1. The van der Waals surface area contributed by atoms with Crippen molar-refractivity contribution in [3.8, 4) is 5.75 Å². The molecule has 0 saturated carbocycles. The molecule has 0 saturated heterocycles. The van der Waals surface area contributed by atoms with Gasteiger partial charge in [-0.05, 0) is 38.0 Å². The predicted molar refractivity (Wildman–Crippen MR) is 70.6 cm³/mol. The standard InChI is InChI=1S/C14H23NO2/c1-12-5-4-6-14(11-12)17-10-8-15-13(2)7-9-16-3/h4-6,11,13,15H,7-10H2,1-3H3. The molecule has 1 unspecified atom stereocenters. The second-order valence-corrected chi connectivity index (χ2v) is 4.30. The Morgan fingerprint density at radius 1 is 1.29 bits per heavy atom. The lowest BCUT2D eigenvalue weighted by atomic mass is 10.2. The molecular weight excluding hydrogens is 214 g/mol. The summed E-state index contributed by atoms with van der Waals surface area (Å²) in [5.74, 6) is 0.941. The van der Waals surface area contributed by atoms with Gasteiger partial charge < -0.3 is 14.8 Å². The maximum absolute atomic E-state index is 5.65. The van der Waals surface area contributed by atoms with Crippen molar-refractivity contribution in [3.63, 3.8) is 0 Å². The number of hydrogen-bond donors (Lipinski definition) is 1. The van der Waals surface area contributed by atoms with Gasteiger partial charge in [0.05, 0.1) is 0 Å². The molecule has 0 radical (unpaired) electrons. The summed E-state index contributed by atoms with van der Waals surface area (Å²) in [5.41, 5.74) is 1.23. The van der Waals surface area contributed by atoms with E-state index in [2.05, 4.69) is 25.2 Å². The number of hydrogen-bond acceptors (Lipinski definition) is 3. The van der Waals surface area contributed by atoms with Gasteiger partial charge >= 0.3 is 0 Å². The minimum Gasteiger partial charge on any atom is -0.492 e. The lowest BCUT2D eigenvalue weighted by molar-refractivity contribution is 0.183. The Morgan fingerprint density at radius 2 is 2.12 bits per heavy atom. The zero-order valence-electron chi connectivity index (χ0n) is 11.0. The molecule has 1 aromatic rings. The first kappa shape index (κ1) is 14.0. The molecule has 0 aliphatic heterocycles. The summed E-state index contributed by atoms with van der Waals surface area (Å²) in [4.78, 5) is 0. The van der Waals surface area contributed by atoms with E-state index >= 15 is 0 Å². The Labute approximate surface area is 104 Å². The monoisotopic (exact) mass is 237 g/mol. The number of methoxy groups -OCH3 is 1. The second kappa shape index (κ2) is 8.09. The molecule has 0 bridgehead atoms. The van der Waals surface area contributed by atoms with Gasteiger partial charge in [0.2, 0.25) is 0 Å². The Bertz CT molecular complexity index is 315. The number of aryl methyl sites for hydroxylation is 1. The van der Waals surface area contributed by atoms with E-state index in [1.807, 2.05) is 18.2 Å². The van der Waals surface area contributed by atoms with Crippen LogP contribution in [0.25, 0.3) is 0 Å². The first-order chi connectivity index (χ1) is 8.22. The van der Waals surface area contributed by atoms with E-state index < -0.39 is 0 Å². The van der Waals surface area contributed by atoms with Crippen LogP contribution in [0.15, 0.2) is 24.3 Å². The van der Waals surface area contributed by atoms with E-state index in [0.717, 1.165) is 25.3 Å². The van der Waals surface area contributed by atoms with E-state index in [0.29, 0.717) is 12.6 Å². The van der Waals surface area contributed by atoms with Gasteiger partial charge in [0, 0.05) is 26.3 Å². The molecule has 1 N–H and O–H groups in total. The fraction of sp³-hybridized carbons (Fsp3) is 0.571. The summed E-state index contributed by atoms with van der Waals surface area (Å²) >= 11 is 0. The number of rotatable bonds is 8. The van der Waals surface area contributed by atoms with E-state index in [1.165, 1.54) is 5.56 Å². The summed E-state index contributed by atoms with van der Waals surface area (Å²) in [6.07, 6.45) is 1.03. The van der Waals surface area contributed by atoms with Crippen LogP contribution in [0.3, 0.4) is 0 Å². The number of ether oxygens (including phenoxy) is 2. The van der Waals surface area contributed by atoms with Gasteiger partial charge in [0.1, 0.15) is 12.4 Å². The lowest BCUT2D eigenvalue weighted by Gasteiger charge is -2.13. The highest BCUT2D eigenvalue weighted by molar-refractivity contribution is 5.27. The topological polar surface area (TPSA) is 30.5 Å². The molecule has 1 atom stereocenters. The van der Waals surface area contributed by atoms with Crippen molar-refractivity contribution in [2.24, 2.45) is 0 Å². The number of nitrogens with one attached hydrogen (secondary N) is 1. The van der Waals surface area contributed by atoms with E-state index in [1.54, 1.807) is 7.11 Å². The maximum atomic E-state index is 5.65. The van der Waals surface area contributed by atoms with E-state index in [4.69, 9.17) is 9.47 Å². The van der Waals surface area contributed by atoms with Crippen molar-refractivity contribution in [1.29, 1.82) is 0 Å². The van der Waals surface area contributed by atoms with Crippen LogP contribution in [-0.2, 0) is 4.74 Å². The summed E-state index contributed by atoms with van der Waals surface area (Å²) in [6.45, 7) is 6.58. The van der Waals surface area contributed by atoms with Gasteiger partial charge in [-0.1, -0.05) is 12.1 Å². The van der Waals surface area contributed by atoms with Crippen molar-refractivity contribution < 1.29 is 9.47 Å². The van der Waals surface area contributed by atoms with Crippen molar-refractivity contribution in [1.82, 2.24) is 5.32 Å². The second-order valence-electron chi connectivity index (χ2n) is 4.30. The van der Waals surface area contributed by atoms with E-state index in [-0.39, 0.29) is 0 Å². The summed E-state index contributed by atoms with van der Waals surface area (Å²) in [6, 6.07) is 8.59. The Kier molecular flexibility index (Phi) is 6.67. The zero-order chi connectivity index (χ0) is 12.5. The van der Waals surface area contributed by atoms with Crippen LogP contribution in [-0.4, -0.2) is 32.9 Å². The molecule has 0 aromatic heterocycles. The van der Waals surface area contributed by atoms with Gasteiger partial charge in [-0.2, -0.15) is 0 Å². The predicted octanol–water partition coefficient (Wildman–Crippen LogP) is 2.39. The fourth-order valence-electron chi connectivity index (χ4n) is 1.58. The fourth-order valence-corrected chi connectivity index (χ4v) is 1.58. The molecule has 0 spiro atoms. The molecule has 0 amide bonds. The zero-order valence-corrected chi connectivity index (χ0v) is 11.0. The van der Waals surface area contributed by atoms with Crippen LogP contribution < -0.4 is 10.1 Å². The molecule has 17 heavy (non-hydrogen) atoms. The average Bonchev–Trinajstić information content (AvgIpc) is 2.32. The van der Waals surface area contributed by atoms with Crippen LogP contribution in [0.1, 0.15) is 18.9 Å². The Morgan fingerprint density at radius 3 is 2.82 bits per heavy atom. The van der Waals surface area contributed by atoms with Crippen LogP contribution in [0.5, 0.6) is 5.75 Å². The SMILES string of the molecule is COCCC(C)NCCOc1cccc(C)c1. The molecular formula is C14H23NO2.